The third kappa shape index (κ3) is 3.24. The van der Waals surface area contributed by atoms with Gasteiger partial charge in [0.05, 0.1) is 11.3 Å². The molecule has 86 valence electrons. The second kappa shape index (κ2) is 4.88. The summed E-state index contributed by atoms with van der Waals surface area (Å²) in [6.45, 7) is 8.65. The SMILES string of the molecule is CC(Nc1cc(Br)ccc1C#N)C(C)(C)C. The number of hydrogen-bond donors (Lipinski definition) is 1. The van der Waals surface area contributed by atoms with Gasteiger partial charge in [0, 0.05) is 10.5 Å². The van der Waals surface area contributed by atoms with E-state index in [0.29, 0.717) is 11.6 Å². The standard InChI is InChI=1S/C13H17BrN2/c1-9(13(2,3)4)16-12-7-11(14)6-5-10(12)8-15/h5-7,9,16H,1-4H3. The molecule has 0 saturated carbocycles. The van der Waals surface area contributed by atoms with Gasteiger partial charge in [0.2, 0.25) is 0 Å². The van der Waals surface area contributed by atoms with Gasteiger partial charge in [0.25, 0.3) is 0 Å². The van der Waals surface area contributed by atoms with Crippen LogP contribution >= 0.6 is 15.9 Å². The molecule has 0 saturated heterocycles. The van der Waals surface area contributed by atoms with Gasteiger partial charge >= 0.3 is 0 Å². The summed E-state index contributed by atoms with van der Waals surface area (Å²) in [6, 6.07) is 8.14. The molecule has 1 aromatic carbocycles. The second-order valence-corrected chi connectivity index (χ2v) is 5.95. The van der Waals surface area contributed by atoms with Crippen LogP contribution in [-0.4, -0.2) is 6.04 Å². The Hall–Kier alpha value is -1.01. The molecule has 0 amide bonds. The van der Waals surface area contributed by atoms with Crippen LogP contribution in [-0.2, 0) is 0 Å². The van der Waals surface area contributed by atoms with Crippen LogP contribution in [0.3, 0.4) is 0 Å². The lowest BCUT2D eigenvalue weighted by Gasteiger charge is -2.29. The fourth-order valence-electron chi connectivity index (χ4n) is 1.18. The molecule has 0 spiro atoms. The topological polar surface area (TPSA) is 35.8 Å². The fourth-order valence-corrected chi connectivity index (χ4v) is 1.54. The van der Waals surface area contributed by atoms with E-state index in [-0.39, 0.29) is 5.41 Å². The molecule has 1 rings (SSSR count). The van der Waals surface area contributed by atoms with Gasteiger partial charge in [-0.15, -0.1) is 0 Å². The van der Waals surface area contributed by atoms with Gasteiger partial charge in [-0.3, -0.25) is 0 Å². The van der Waals surface area contributed by atoms with E-state index in [4.69, 9.17) is 5.26 Å². The van der Waals surface area contributed by atoms with E-state index in [0.717, 1.165) is 10.2 Å². The van der Waals surface area contributed by atoms with Crippen molar-refractivity contribution < 1.29 is 0 Å². The van der Waals surface area contributed by atoms with E-state index >= 15 is 0 Å². The maximum atomic E-state index is 9.02. The Morgan fingerprint density at radius 3 is 2.50 bits per heavy atom. The Morgan fingerprint density at radius 1 is 1.38 bits per heavy atom. The summed E-state index contributed by atoms with van der Waals surface area (Å²) in [5, 5.41) is 12.4. The highest BCUT2D eigenvalue weighted by molar-refractivity contribution is 9.10. The van der Waals surface area contributed by atoms with E-state index in [9.17, 15) is 0 Å². The largest absolute Gasteiger partial charge is 0.381 e. The summed E-state index contributed by atoms with van der Waals surface area (Å²) in [5.41, 5.74) is 1.73. The number of halogens is 1. The Bertz CT molecular complexity index is 413. The summed E-state index contributed by atoms with van der Waals surface area (Å²) in [5.74, 6) is 0. The molecule has 0 aliphatic rings. The molecule has 0 aliphatic heterocycles. The highest BCUT2D eigenvalue weighted by Crippen LogP contribution is 2.26. The molecule has 3 heteroatoms. The van der Waals surface area contributed by atoms with Crippen molar-refractivity contribution in [2.24, 2.45) is 5.41 Å². The highest BCUT2D eigenvalue weighted by atomic mass is 79.9. The minimum absolute atomic E-state index is 0.162. The molecule has 0 fully saturated rings. The van der Waals surface area contributed by atoms with Crippen molar-refractivity contribution in [2.75, 3.05) is 5.32 Å². The van der Waals surface area contributed by atoms with Crippen molar-refractivity contribution in [2.45, 2.75) is 33.7 Å². The Morgan fingerprint density at radius 2 is 2.00 bits per heavy atom. The van der Waals surface area contributed by atoms with Crippen LogP contribution in [0.2, 0.25) is 0 Å². The van der Waals surface area contributed by atoms with Gasteiger partial charge in [-0.2, -0.15) is 5.26 Å². The summed E-state index contributed by atoms with van der Waals surface area (Å²) in [6.07, 6.45) is 0. The molecule has 2 nitrogen and oxygen atoms in total. The monoisotopic (exact) mass is 280 g/mol. The summed E-state index contributed by atoms with van der Waals surface area (Å²) in [7, 11) is 0. The Balaban J connectivity index is 2.97. The smallest absolute Gasteiger partial charge is 0.101 e. The van der Waals surface area contributed by atoms with Gasteiger partial charge in [0.15, 0.2) is 0 Å². The molecule has 1 unspecified atom stereocenters. The summed E-state index contributed by atoms with van der Waals surface area (Å²) >= 11 is 3.42. The Kier molecular flexibility index (Phi) is 3.98. The molecule has 0 bridgehead atoms. The number of benzene rings is 1. The molecular weight excluding hydrogens is 264 g/mol. The lowest BCUT2D eigenvalue weighted by Crippen LogP contribution is -2.31. The van der Waals surface area contributed by atoms with Gasteiger partial charge in [0.1, 0.15) is 6.07 Å². The first-order chi connectivity index (χ1) is 7.34. The van der Waals surface area contributed by atoms with Crippen molar-refractivity contribution in [3.63, 3.8) is 0 Å². The van der Waals surface area contributed by atoms with Crippen LogP contribution in [0.1, 0.15) is 33.3 Å². The lowest BCUT2D eigenvalue weighted by atomic mass is 9.88. The number of nitriles is 1. The third-order valence-electron chi connectivity index (χ3n) is 2.77. The first-order valence-corrected chi connectivity index (χ1v) is 6.10. The third-order valence-corrected chi connectivity index (χ3v) is 3.27. The van der Waals surface area contributed by atoms with E-state index < -0.39 is 0 Å². The number of nitrogens with zero attached hydrogens (tertiary/aromatic N) is 1. The predicted molar refractivity (Wildman–Crippen MR) is 71.4 cm³/mol. The molecule has 0 aliphatic carbocycles. The molecular formula is C13H17BrN2. The minimum atomic E-state index is 0.162. The van der Waals surface area contributed by atoms with E-state index in [2.05, 4.69) is 55.0 Å². The second-order valence-electron chi connectivity index (χ2n) is 5.03. The summed E-state index contributed by atoms with van der Waals surface area (Å²) < 4.78 is 0.982. The average molecular weight is 281 g/mol. The van der Waals surface area contributed by atoms with Crippen LogP contribution in [0.25, 0.3) is 0 Å². The van der Waals surface area contributed by atoms with Crippen molar-refractivity contribution >= 4 is 21.6 Å². The number of nitrogens with one attached hydrogen (secondary N) is 1. The van der Waals surface area contributed by atoms with Crippen molar-refractivity contribution in [1.82, 2.24) is 0 Å². The molecule has 0 radical (unpaired) electrons. The van der Waals surface area contributed by atoms with Crippen LogP contribution in [0.4, 0.5) is 5.69 Å². The molecule has 1 atom stereocenters. The first kappa shape index (κ1) is 13.1. The maximum Gasteiger partial charge on any atom is 0.101 e. The Labute approximate surface area is 106 Å². The molecule has 16 heavy (non-hydrogen) atoms. The number of anilines is 1. The van der Waals surface area contributed by atoms with Crippen LogP contribution < -0.4 is 5.32 Å². The zero-order chi connectivity index (χ0) is 12.3. The predicted octanol–water partition coefficient (Wildman–Crippen LogP) is 4.17. The van der Waals surface area contributed by atoms with E-state index in [1.165, 1.54) is 0 Å². The van der Waals surface area contributed by atoms with E-state index in [1.54, 1.807) is 0 Å². The van der Waals surface area contributed by atoms with Crippen LogP contribution in [0.5, 0.6) is 0 Å². The zero-order valence-corrected chi connectivity index (χ0v) is 11.7. The van der Waals surface area contributed by atoms with Crippen LogP contribution in [0, 0.1) is 16.7 Å². The lowest BCUT2D eigenvalue weighted by molar-refractivity contribution is 0.359. The van der Waals surface area contributed by atoms with Crippen molar-refractivity contribution in [1.29, 1.82) is 5.26 Å². The number of rotatable bonds is 2. The maximum absolute atomic E-state index is 9.02. The molecule has 0 heterocycles. The van der Waals surface area contributed by atoms with Gasteiger partial charge in [-0.1, -0.05) is 36.7 Å². The van der Waals surface area contributed by atoms with Crippen molar-refractivity contribution in [3.8, 4) is 6.07 Å². The van der Waals surface area contributed by atoms with Gasteiger partial charge in [-0.25, -0.2) is 0 Å². The molecule has 0 aromatic heterocycles. The van der Waals surface area contributed by atoms with Gasteiger partial charge in [-0.05, 0) is 30.5 Å². The normalized spacial score (nSPS) is 13.0. The highest BCUT2D eigenvalue weighted by Gasteiger charge is 2.20. The minimum Gasteiger partial charge on any atom is -0.381 e. The summed E-state index contributed by atoms with van der Waals surface area (Å²) in [4.78, 5) is 0. The number of hydrogen-bond acceptors (Lipinski definition) is 2. The van der Waals surface area contributed by atoms with Crippen LogP contribution in [0.15, 0.2) is 22.7 Å². The average Bonchev–Trinajstić information content (AvgIpc) is 2.16. The zero-order valence-electron chi connectivity index (χ0n) is 10.1. The van der Waals surface area contributed by atoms with Gasteiger partial charge < -0.3 is 5.32 Å². The first-order valence-electron chi connectivity index (χ1n) is 5.31. The quantitative estimate of drug-likeness (QED) is 0.883. The fraction of sp³-hybridized carbons (Fsp3) is 0.462. The van der Waals surface area contributed by atoms with Crippen molar-refractivity contribution in [3.05, 3.63) is 28.2 Å². The molecule has 1 aromatic rings. The molecule has 1 N–H and O–H groups in total. The van der Waals surface area contributed by atoms with E-state index in [1.807, 2.05) is 18.2 Å².